The second-order valence-electron chi connectivity index (χ2n) is 5.12. The molecular formula is C17H17N3OS. The highest BCUT2D eigenvalue weighted by Gasteiger charge is 2.10. The van der Waals surface area contributed by atoms with Gasteiger partial charge in [-0.3, -0.25) is 15.1 Å². The van der Waals surface area contributed by atoms with E-state index in [0.717, 1.165) is 16.6 Å². The standard InChI is InChI=1S/C17H17N3OS/c1-2-3-5-12-7-8-14-15(10-12)22-17(19-14)20-16(21)13-6-4-9-18-11-13/h4,6-11H,2-3,5H2,1H3,(H,19,20,21). The summed E-state index contributed by atoms with van der Waals surface area (Å²) in [6.07, 6.45) is 6.65. The van der Waals surface area contributed by atoms with Gasteiger partial charge in [0.2, 0.25) is 0 Å². The van der Waals surface area contributed by atoms with Gasteiger partial charge < -0.3 is 0 Å². The van der Waals surface area contributed by atoms with Gasteiger partial charge in [0.1, 0.15) is 0 Å². The third kappa shape index (κ3) is 3.31. The molecule has 0 aliphatic heterocycles. The Balaban J connectivity index is 1.78. The van der Waals surface area contributed by atoms with Crippen molar-refractivity contribution in [1.82, 2.24) is 9.97 Å². The SMILES string of the molecule is CCCCc1ccc2nc(NC(=O)c3cccnc3)sc2c1. The molecule has 0 fully saturated rings. The van der Waals surface area contributed by atoms with Crippen molar-refractivity contribution < 1.29 is 4.79 Å². The summed E-state index contributed by atoms with van der Waals surface area (Å²) in [5.41, 5.74) is 2.78. The van der Waals surface area contributed by atoms with E-state index in [0.29, 0.717) is 10.7 Å². The molecule has 0 saturated carbocycles. The maximum absolute atomic E-state index is 12.1. The molecule has 3 rings (SSSR count). The molecule has 0 spiro atoms. The Morgan fingerprint density at radius 1 is 1.32 bits per heavy atom. The van der Waals surface area contributed by atoms with Crippen LogP contribution >= 0.6 is 11.3 Å². The average Bonchev–Trinajstić information content (AvgIpc) is 2.95. The molecule has 1 aromatic carbocycles. The predicted octanol–water partition coefficient (Wildman–Crippen LogP) is 4.29. The Kier molecular flexibility index (Phi) is 4.44. The van der Waals surface area contributed by atoms with E-state index < -0.39 is 0 Å². The molecule has 2 heterocycles. The number of hydrogen-bond acceptors (Lipinski definition) is 4. The van der Waals surface area contributed by atoms with Crippen molar-refractivity contribution in [2.24, 2.45) is 0 Å². The van der Waals surface area contributed by atoms with Crippen LogP contribution in [0.1, 0.15) is 35.7 Å². The van der Waals surface area contributed by atoms with Crippen LogP contribution in [0.25, 0.3) is 10.2 Å². The smallest absolute Gasteiger partial charge is 0.259 e. The largest absolute Gasteiger partial charge is 0.298 e. The first-order valence-electron chi connectivity index (χ1n) is 7.37. The zero-order valence-electron chi connectivity index (χ0n) is 12.4. The Morgan fingerprint density at radius 3 is 3.00 bits per heavy atom. The number of carbonyl (C=O) groups is 1. The lowest BCUT2D eigenvalue weighted by molar-refractivity contribution is 0.102. The van der Waals surface area contributed by atoms with Crippen molar-refractivity contribution in [2.75, 3.05) is 5.32 Å². The normalized spacial score (nSPS) is 10.8. The molecule has 0 aliphatic carbocycles. The fourth-order valence-electron chi connectivity index (χ4n) is 2.23. The van der Waals surface area contributed by atoms with Crippen molar-refractivity contribution in [3.8, 4) is 0 Å². The number of hydrogen-bond donors (Lipinski definition) is 1. The first kappa shape index (κ1) is 14.7. The molecule has 2 aromatic heterocycles. The molecule has 0 saturated heterocycles. The van der Waals surface area contributed by atoms with Crippen LogP contribution in [0.2, 0.25) is 0 Å². The van der Waals surface area contributed by atoms with Crippen molar-refractivity contribution in [1.29, 1.82) is 0 Å². The van der Waals surface area contributed by atoms with Crippen LogP contribution in [0.4, 0.5) is 5.13 Å². The van der Waals surface area contributed by atoms with Crippen LogP contribution in [0.3, 0.4) is 0 Å². The van der Waals surface area contributed by atoms with Gasteiger partial charge in [0, 0.05) is 12.4 Å². The molecule has 5 heteroatoms. The van der Waals surface area contributed by atoms with E-state index in [9.17, 15) is 4.79 Å². The lowest BCUT2D eigenvalue weighted by atomic mass is 10.1. The van der Waals surface area contributed by atoms with Crippen LogP contribution in [-0.2, 0) is 6.42 Å². The molecule has 3 aromatic rings. The van der Waals surface area contributed by atoms with Gasteiger partial charge in [-0.2, -0.15) is 0 Å². The van der Waals surface area contributed by atoms with Crippen LogP contribution in [-0.4, -0.2) is 15.9 Å². The number of carbonyl (C=O) groups excluding carboxylic acids is 1. The number of aromatic nitrogens is 2. The van der Waals surface area contributed by atoms with Gasteiger partial charge in [-0.05, 0) is 42.7 Å². The fraction of sp³-hybridized carbons (Fsp3) is 0.235. The second kappa shape index (κ2) is 6.66. The lowest BCUT2D eigenvalue weighted by Gasteiger charge is -1.99. The first-order chi connectivity index (χ1) is 10.8. The number of aryl methyl sites for hydroxylation is 1. The third-order valence-electron chi connectivity index (χ3n) is 3.42. The van der Waals surface area contributed by atoms with Gasteiger partial charge in [0.25, 0.3) is 5.91 Å². The highest BCUT2D eigenvalue weighted by atomic mass is 32.1. The van der Waals surface area contributed by atoms with Crippen molar-refractivity contribution in [2.45, 2.75) is 26.2 Å². The van der Waals surface area contributed by atoms with Crippen LogP contribution < -0.4 is 5.32 Å². The summed E-state index contributed by atoms with van der Waals surface area (Å²) in [7, 11) is 0. The lowest BCUT2D eigenvalue weighted by Crippen LogP contribution is -2.11. The molecule has 1 N–H and O–H groups in total. The zero-order valence-corrected chi connectivity index (χ0v) is 13.2. The van der Waals surface area contributed by atoms with Gasteiger partial charge in [0.15, 0.2) is 5.13 Å². The number of rotatable bonds is 5. The van der Waals surface area contributed by atoms with E-state index in [4.69, 9.17) is 0 Å². The number of amides is 1. The van der Waals surface area contributed by atoms with E-state index in [1.54, 1.807) is 24.5 Å². The number of unbranched alkanes of at least 4 members (excludes halogenated alkanes) is 1. The minimum atomic E-state index is -0.182. The van der Waals surface area contributed by atoms with Crippen LogP contribution in [0, 0.1) is 0 Å². The number of fused-ring (bicyclic) bond motifs is 1. The fourth-order valence-corrected chi connectivity index (χ4v) is 3.15. The van der Waals surface area contributed by atoms with Crippen LogP contribution in [0.5, 0.6) is 0 Å². The summed E-state index contributed by atoms with van der Waals surface area (Å²) in [6.45, 7) is 2.19. The highest BCUT2D eigenvalue weighted by Crippen LogP contribution is 2.27. The Labute approximate surface area is 133 Å². The van der Waals surface area contributed by atoms with E-state index >= 15 is 0 Å². The van der Waals surface area contributed by atoms with Crippen molar-refractivity contribution in [3.63, 3.8) is 0 Å². The Hall–Kier alpha value is -2.27. The van der Waals surface area contributed by atoms with Gasteiger partial charge in [0.05, 0.1) is 15.8 Å². The predicted molar refractivity (Wildman–Crippen MR) is 90.4 cm³/mol. The maximum atomic E-state index is 12.1. The molecule has 0 bridgehead atoms. The maximum Gasteiger partial charge on any atom is 0.259 e. The molecule has 112 valence electrons. The monoisotopic (exact) mass is 311 g/mol. The molecule has 1 amide bonds. The number of nitrogens with one attached hydrogen (secondary N) is 1. The minimum Gasteiger partial charge on any atom is -0.298 e. The summed E-state index contributed by atoms with van der Waals surface area (Å²) in [4.78, 5) is 20.5. The summed E-state index contributed by atoms with van der Waals surface area (Å²) in [5.74, 6) is -0.182. The van der Waals surface area contributed by atoms with E-state index in [-0.39, 0.29) is 5.91 Å². The molecule has 4 nitrogen and oxygen atoms in total. The zero-order chi connectivity index (χ0) is 15.4. The van der Waals surface area contributed by atoms with Gasteiger partial charge in [-0.15, -0.1) is 0 Å². The third-order valence-corrected chi connectivity index (χ3v) is 4.35. The van der Waals surface area contributed by atoms with Crippen LogP contribution in [0.15, 0.2) is 42.7 Å². The Bertz CT molecular complexity index is 783. The van der Waals surface area contributed by atoms with E-state index in [2.05, 4.69) is 34.3 Å². The summed E-state index contributed by atoms with van der Waals surface area (Å²) < 4.78 is 1.11. The summed E-state index contributed by atoms with van der Waals surface area (Å²) in [6, 6.07) is 9.79. The summed E-state index contributed by atoms with van der Waals surface area (Å²) in [5, 5.41) is 3.46. The minimum absolute atomic E-state index is 0.182. The van der Waals surface area contributed by atoms with Gasteiger partial charge in [-0.25, -0.2) is 4.98 Å². The number of anilines is 1. The topological polar surface area (TPSA) is 54.9 Å². The van der Waals surface area contributed by atoms with Crippen molar-refractivity contribution in [3.05, 3.63) is 53.9 Å². The molecule has 0 unspecified atom stereocenters. The second-order valence-corrected chi connectivity index (χ2v) is 6.15. The summed E-state index contributed by atoms with van der Waals surface area (Å²) >= 11 is 1.50. The molecule has 22 heavy (non-hydrogen) atoms. The molecule has 0 radical (unpaired) electrons. The van der Waals surface area contributed by atoms with E-state index in [1.165, 1.54) is 29.7 Å². The first-order valence-corrected chi connectivity index (χ1v) is 8.19. The number of benzene rings is 1. The molecule has 0 aliphatic rings. The average molecular weight is 311 g/mol. The number of pyridine rings is 1. The van der Waals surface area contributed by atoms with Gasteiger partial charge in [-0.1, -0.05) is 30.7 Å². The highest BCUT2D eigenvalue weighted by molar-refractivity contribution is 7.22. The molecular weight excluding hydrogens is 294 g/mol. The van der Waals surface area contributed by atoms with Gasteiger partial charge >= 0.3 is 0 Å². The van der Waals surface area contributed by atoms with Crippen molar-refractivity contribution >= 4 is 32.6 Å². The van der Waals surface area contributed by atoms with E-state index in [1.807, 2.05) is 6.07 Å². The quantitative estimate of drug-likeness (QED) is 0.765. The molecule has 0 atom stereocenters. The Morgan fingerprint density at radius 2 is 2.23 bits per heavy atom. The number of nitrogens with zero attached hydrogens (tertiary/aromatic N) is 2. The number of thiazole rings is 1.